The molecule has 0 spiro atoms. The third-order valence-electron chi connectivity index (χ3n) is 3.74. The van der Waals surface area contributed by atoms with Gasteiger partial charge in [0.2, 0.25) is 0 Å². The second-order valence-electron chi connectivity index (χ2n) is 5.84. The summed E-state index contributed by atoms with van der Waals surface area (Å²) in [6, 6.07) is 10.4. The van der Waals surface area contributed by atoms with Crippen LogP contribution in [0.1, 0.15) is 11.1 Å². The summed E-state index contributed by atoms with van der Waals surface area (Å²) >= 11 is 0. The van der Waals surface area contributed by atoms with Crippen LogP contribution in [0.15, 0.2) is 41.1 Å². The summed E-state index contributed by atoms with van der Waals surface area (Å²) in [4.78, 5) is 4.18. The van der Waals surface area contributed by atoms with Gasteiger partial charge in [-0.15, -0.1) is 0 Å². The van der Waals surface area contributed by atoms with Gasteiger partial charge in [0.15, 0.2) is 0 Å². The van der Waals surface area contributed by atoms with E-state index < -0.39 is 0 Å². The SMILES string of the molecule is Cc1ccc(C)c(N2CC(=CN(C)C)C(=C(C#N)C#N)C2)c1. The van der Waals surface area contributed by atoms with Gasteiger partial charge in [0.1, 0.15) is 17.7 Å². The normalized spacial score (nSPS) is 15.6. The fraction of sp³-hybridized carbons (Fsp3) is 0.333. The molecule has 1 fully saturated rings. The second-order valence-corrected chi connectivity index (χ2v) is 5.84. The van der Waals surface area contributed by atoms with E-state index in [0.717, 1.165) is 16.8 Å². The van der Waals surface area contributed by atoms with E-state index in [1.807, 2.05) is 37.3 Å². The van der Waals surface area contributed by atoms with Crippen molar-refractivity contribution in [1.29, 1.82) is 10.5 Å². The summed E-state index contributed by atoms with van der Waals surface area (Å²) in [5.41, 5.74) is 5.64. The lowest BCUT2D eigenvalue weighted by atomic mass is 10.1. The van der Waals surface area contributed by atoms with Gasteiger partial charge in [-0.1, -0.05) is 12.1 Å². The number of hydrogen-bond acceptors (Lipinski definition) is 4. The quantitative estimate of drug-likeness (QED) is 0.786. The van der Waals surface area contributed by atoms with Gasteiger partial charge in [0.05, 0.1) is 0 Å². The third-order valence-corrected chi connectivity index (χ3v) is 3.74. The Balaban J connectivity index is 2.49. The first-order chi connectivity index (χ1) is 10.5. The Labute approximate surface area is 132 Å². The van der Waals surface area contributed by atoms with Crippen LogP contribution < -0.4 is 4.90 Å². The maximum absolute atomic E-state index is 9.20. The van der Waals surface area contributed by atoms with Gasteiger partial charge in [-0.05, 0) is 36.6 Å². The number of hydrogen-bond donors (Lipinski definition) is 0. The van der Waals surface area contributed by atoms with Crippen LogP contribution in [-0.2, 0) is 0 Å². The van der Waals surface area contributed by atoms with Crippen molar-refractivity contribution >= 4 is 5.69 Å². The Kier molecular flexibility index (Phi) is 4.53. The number of aryl methyl sites for hydroxylation is 2. The first-order valence-electron chi connectivity index (χ1n) is 7.19. The Morgan fingerprint density at radius 1 is 1.18 bits per heavy atom. The van der Waals surface area contributed by atoms with Crippen molar-refractivity contribution in [2.45, 2.75) is 13.8 Å². The monoisotopic (exact) mass is 292 g/mol. The van der Waals surface area contributed by atoms with Crippen LogP contribution in [-0.4, -0.2) is 32.1 Å². The van der Waals surface area contributed by atoms with Crippen molar-refractivity contribution < 1.29 is 0 Å². The molecular formula is C18H20N4. The van der Waals surface area contributed by atoms with Gasteiger partial charge in [0, 0.05) is 44.6 Å². The molecule has 112 valence electrons. The number of allylic oxidation sites excluding steroid dienone is 1. The fourth-order valence-corrected chi connectivity index (χ4v) is 2.71. The van der Waals surface area contributed by atoms with E-state index >= 15 is 0 Å². The zero-order valence-corrected chi connectivity index (χ0v) is 13.5. The molecular weight excluding hydrogens is 272 g/mol. The molecule has 4 nitrogen and oxygen atoms in total. The van der Waals surface area contributed by atoms with Crippen molar-refractivity contribution in [3.63, 3.8) is 0 Å². The summed E-state index contributed by atoms with van der Waals surface area (Å²) in [7, 11) is 3.90. The largest absolute Gasteiger partial charge is 0.383 e. The number of anilines is 1. The smallest absolute Gasteiger partial charge is 0.135 e. The highest BCUT2D eigenvalue weighted by molar-refractivity contribution is 5.64. The van der Waals surface area contributed by atoms with Crippen molar-refractivity contribution in [2.75, 3.05) is 32.1 Å². The molecule has 0 amide bonds. The summed E-state index contributed by atoms with van der Waals surface area (Å²) < 4.78 is 0. The highest BCUT2D eigenvalue weighted by Gasteiger charge is 2.26. The zero-order chi connectivity index (χ0) is 16.3. The van der Waals surface area contributed by atoms with Crippen LogP contribution in [0.5, 0.6) is 0 Å². The predicted octanol–water partition coefficient (Wildman–Crippen LogP) is 2.91. The van der Waals surface area contributed by atoms with Gasteiger partial charge < -0.3 is 9.80 Å². The zero-order valence-electron chi connectivity index (χ0n) is 13.5. The molecule has 0 radical (unpaired) electrons. The van der Waals surface area contributed by atoms with E-state index in [2.05, 4.69) is 36.9 Å². The topological polar surface area (TPSA) is 54.1 Å². The molecule has 1 aromatic carbocycles. The summed E-state index contributed by atoms with van der Waals surface area (Å²) in [6.45, 7) is 5.47. The minimum absolute atomic E-state index is 0.209. The third kappa shape index (κ3) is 3.13. The molecule has 0 aromatic heterocycles. The Bertz CT molecular complexity index is 710. The first kappa shape index (κ1) is 15.7. The summed E-state index contributed by atoms with van der Waals surface area (Å²) in [5.74, 6) is 0. The molecule has 1 aromatic rings. The van der Waals surface area contributed by atoms with Crippen molar-refractivity contribution in [2.24, 2.45) is 0 Å². The molecule has 0 N–H and O–H groups in total. The molecule has 2 rings (SSSR count). The van der Waals surface area contributed by atoms with E-state index in [0.29, 0.717) is 13.1 Å². The van der Waals surface area contributed by atoms with E-state index in [4.69, 9.17) is 0 Å². The predicted molar refractivity (Wildman–Crippen MR) is 88.2 cm³/mol. The molecule has 4 heteroatoms. The van der Waals surface area contributed by atoms with Gasteiger partial charge in [-0.3, -0.25) is 0 Å². The minimum atomic E-state index is 0.209. The molecule has 0 bridgehead atoms. The van der Waals surface area contributed by atoms with Gasteiger partial charge >= 0.3 is 0 Å². The molecule has 22 heavy (non-hydrogen) atoms. The standard InChI is InChI=1S/C18H20N4/c1-13-5-6-14(2)18(7-13)22-11-16(10-21(3)4)17(12-22)15(8-19)9-20/h5-7,10H,11-12H2,1-4H3. The Hall–Kier alpha value is -2.72. The van der Waals surface area contributed by atoms with Gasteiger partial charge in [-0.2, -0.15) is 10.5 Å². The lowest BCUT2D eigenvalue weighted by molar-refractivity contribution is 0.559. The molecule has 0 atom stereocenters. The lowest BCUT2D eigenvalue weighted by Crippen LogP contribution is -2.19. The van der Waals surface area contributed by atoms with E-state index in [1.54, 1.807) is 0 Å². The summed E-state index contributed by atoms with van der Waals surface area (Å²) in [5, 5.41) is 18.4. The molecule has 1 aliphatic rings. The minimum Gasteiger partial charge on any atom is -0.383 e. The maximum atomic E-state index is 9.20. The molecule has 1 heterocycles. The van der Waals surface area contributed by atoms with Crippen LogP contribution in [0.25, 0.3) is 0 Å². The van der Waals surface area contributed by atoms with E-state index in [9.17, 15) is 10.5 Å². The van der Waals surface area contributed by atoms with Crippen LogP contribution in [0.4, 0.5) is 5.69 Å². The second kappa shape index (κ2) is 6.37. The van der Waals surface area contributed by atoms with Crippen molar-refractivity contribution in [1.82, 2.24) is 4.90 Å². The summed E-state index contributed by atoms with van der Waals surface area (Å²) in [6.07, 6.45) is 2.00. The van der Waals surface area contributed by atoms with Crippen LogP contribution in [0.3, 0.4) is 0 Å². The van der Waals surface area contributed by atoms with Crippen molar-refractivity contribution in [3.05, 3.63) is 52.2 Å². The van der Waals surface area contributed by atoms with E-state index in [-0.39, 0.29) is 5.57 Å². The Morgan fingerprint density at radius 3 is 2.45 bits per heavy atom. The molecule has 1 saturated heterocycles. The van der Waals surface area contributed by atoms with Crippen LogP contribution in [0, 0.1) is 36.5 Å². The lowest BCUT2D eigenvalue weighted by Gasteiger charge is -2.20. The fourth-order valence-electron chi connectivity index (χ4n) is 2.71. The molecule has 0 saturated carbocycles. The van der Waals surface area contributed by atoms with Crippen LogP contribution in [0.2, 0.25) is 0 Å². The number of nitriles is 2. The number of rotatable bonds is 2. The number of nitrogens with zero attached hydrogens (tertiary/aromatic N) is 4. The highest BCUT2D eigenvalue weighted by atomic mass is 15.2. The first-order valence-corrected chi connectivity index (χ1v) is 7.19. The maximum Gasteiger partial charge on any atom is 0.135 e. The average Bonchev–Trinajstić information content (AvgIpc) is 2.86. The molecule has 1 aliphatic heterocycles. The van der Waals surface area contributed by atoms with Crippen molar-refractivity contribution in [3.8, 4) is 12.1 Å². The van der Waals surface area contributed by atoms with Gasteiger partial charge in [0.25, 0.3) is 0 Å². The Morgan fingerprint density at radius 2 is 1.86 bits per heavy atom. The number of benzene rings is 1. The molecule has 0 aliphatic carbocycles. The average molecular weight is 292 g/mol. The van der Waals surface area contributed by atoms with E-state index in [1.165, 1.54) is 11.1 Å². The van der Waals surface area contributed by atoms with Crippen LogP contribution >= 0.6 is 0 Å². The van der Waals surface area contributed by atoms with Gasteiger partial charge in [-0.25, -0.2) is 0 Å². The highest BCUT2D eigenvalue weighted by Crippen LogP contribution is 2.31. The molecule has 0 unspecified atom stereocenters.